The lowest BCUT2D eigenvalue weighted by Gasteiger charge is -2.16. The Morgan fingerprint density at radius 2 is 2.00 bits per heavy atom. The van der Waals surface area contributed by atoms with E-state index >= 15 is 0 Å². The molecule has 0 aliphatic carbocycles. The zero-order valence-electron chi connectivity index (χ0n) is 9.26. The molecule has 1 rings (SSSR count). The molecule has 0 bridgehead atoms. The maximum atomic E-state index is 9.45. The van der Waals surface area contributed by atoms with Gasteiger partial charge in [0.25, 0.3) is 0 Å². The van der Waals surface area contributed by atoms with Crippen LogP contribution >= 0.6 is 0 Å². The minimum atomic E-state index is -0.482. The zero-order chi connectivity index (χ0) is 11.1. The standard InChI is InChI=1S/C13H18O2/c1-3-7-13(11(2)14)15-10-12-8-5-4-6-9-12/h3-9,11,13-14H,10H2,1-2H3/b7-3+/t11-,13+/m0/s1. The first kappa shape index (κ1) is 12.0. The van der Waals surface area contributed by atoms with E-state index in [1.54, 1.807) is 6.92 Å². The number of allylic oxidation sites excluding steroid dienone is 1. The highest BCUT2D eigenvalue weighted by molar-refractivity contribution is 5.13. The summed E-state index contributed by atoms with van der Waals surface area (Å²) in [6.07, 6.45) is 3.05. The van der Waals surface area contributed by atoms with Crippen molar-refractivity contribution < 1.29 is 9.84 Å². The molecule has 0 saturated heterocycles. The average molecular weight is 206 g/mol. The Bertz CT molecular complexity index is 291. The summed E-state index contributed by atoms with van der Waals surface area (Å²) in [6.45, 7) is 4.18. The summed E-state index contributed by atoms with van der Waals surface area (Å²) < 4.78 is 5.59. The molecule has 2 heteroatoms. The highest BCUT2D eigenvalue weighted by atomic mass is 16.5. The van der Waals surface area contributed by atoms with Gasteiger partial charge in [0.15, 0.2) is 0 Å². The predicted molar refractivity (Wildman–Crippen MR) is 61.5 cm³/mol. The molecule has 0 aliphatic heterocycles. The van der Waals surface area contributed by atoms with Gasteiger partial charge in [0, 0.05) is 0 Å². The Morgan fingerprint density at radius 1 is 1.33 bits per heavy atom. The normalized spacial score (nSPS) is 15.4. The molecule has 0 amide bonds. The minimum absolute atomic E-state index is 0.227. The first-order valence-corrected chi connectivity index (χ1v) is 5.20. The van der Waals surface area contributed by atoms with E-state index in [1.807, 2.05) is 49.4 Å². The number of ether oxygens (including phenoxy) is 1. The first-order chi connectivity index (χ1) is 7.24. The van der Waals surface area contributed by atoms with Crippen molar-refractivity contribution in [1.29, 1.82) is 0 Å². The Hall–Kier alpha value is -1.12. The van der Waals surface area contributed by atoms with Gasteiger partial charge in [-0.05, 0) is 19.4 Å². The molecule has 15 heavy (non-hydrogen) atoms. The van der Waals surface area contributed by atoms with Crippen LogP contribution in [0.1, 0.15) is 19.4 Å². The Morgan fingerprint density at radius 3 is 2.53 bits per heavy atom. The molecule has 1 aromatic rings. The highest BCUT2D eigenvalue weighted by Gasteiger charge is 2.11. The summed E-state index contributed by atoms with van der Waals surface area (Å²) in [5, 5.41) is 9.45. The van der Waals surface area contributed by atoms with Gasteiger partial charge < -0.3 is 9.84 Å². The number of rotatable bonds is 5. The van der Waals surface area contributed by atoms with Gasteiger partial charge in [-0.25, -0.2) is 0 Å². The average Bonchev–Trinajstić information content (AvgIpc) is 2.25. The van der Waals surface area contributed by atoms with Crippen molar-refractivity contribution in [1.82, 2.24) is 0 Å². The van der Waals surface area contributed by atoms with E-state index < -0.39 is 6.10 Å². The molecule has 2 nitrogen and oxygen atoms in total. The van der Waals surface area contributed by atoms with Crippen LogP contribution in [0.15, 0.2) is 42.5 Å². The molecule has 2 atom stereocenters. The van der Waals surface area contributed by atoms with Crippen molar-refractivity contribution in [2.75, 3.05) is 0 Å². The third kappa shape index (κ3) is 4.28. The van der Waals surface area contributed by atoms with Crippen molar-refractivity contribution in [3.05, 3.63) is 48.0 Å². The maximum Gasteiger partial charge on any atom is 0.102 e. The third-order valence-corrected chi connectivity index (χ3v) is 2.14. The second-order valence-electron chi connectivity index (χ2n) is 3.53. The molecule has 0 saturated carbocycles. The van der Waals surface area contributed by atoms with E-state index in [-0.39, 0.29) is 6.10 Å². The molecule has 0 unspecified atom stereocenters. The van der Waals surface area contributed by atoms with Gasteiger partial charge >= 0.3 is 0 Å². The quantitative estimate of drug-likeness (QED) is 0.750. The van der Waals surface area contributed by atoms with Crippen molar-refractivity contribution in [2.24, 2.45) is 0 Å². The molecule has 0 radical (unpaired) electrons. The molecule has 1 aromatic carbocycles. The largest absolute Gasteiger partial charge is 0.390 e. The van der Waals surface area contributed by atoms with E-state index in [1.165, 1.54) is 0 Å². The Balaban J connectivity index is 2.47. The van der Waals surface area contributed by atoms with Gasteiger partial charge in [0.1, 0.15) is 6.10 Å². The lowest BCUT2D eigenvalue weighted by Crippen LogP contribution is -2.23. The number of hydrogen-bond donors (Lipinski definition) is 1. The van der Waals surface area contributed by atoms with Crippen LogP contribution < -0.4 is 0 Å². The van der Waals surface area contributed by atoms with Crippen molar-refractivity contribution in [3.63, 3.8) is 0 Å². The summed E-state index contributed by atoms with van der Waals surface area (Å²) in [4.78, 5) is 0. The van der Waals surface area contributed by atoms with Crippen LogP contribution in [0.25, 0.3) is 0 Å². The Kier molecular flexibility index (Phi) is 5.08. The fourth-order valence-corrected chi connectivity index (χ4v) is 1.31. The van der Waals surface area contributed by atoms with Gasteiger partial charge in [0.05, 0.1) is 12.7 Å². The van der Waals surface area contributed by atoms with Gasteiger partial charge in [-0.15, -0.1) is 0 Å². The van der Waals surface area contributed by atoms with Crippen LogP contribution in [0.4, 0.5) is 0 Å². The van der Waals surface area contributed by atoms with Crippen LogP contribution in [0.5, 0.6) is 0 Å². The molecular formula is C13H18O2. The van der Waals surface area contributed by atoms with E-state index in [0.717, 1.165) is 5.56 Å². The van der Waals surface area contributed by atoms with E-state index in [4.69, 9.17) is 4.74 Å². The van der Waals surface area contributed by atoms with Crippen LogP contribution in [0, 0.1) is 0 Å². The highest BCUT2D eigenvalue weighted by Crippen LogP contribution is 2.07. The van der Waals surface area contributed by atoms with Crippen molar-refractivity contribution in [3.8, 4) is 0 Å². The summed E-state index contributed by atoms with van der Waals surface area (Å²) in [5.74, 6) is 0. The van der Waals surface area contributed by atoms with Crippen LogP contribution in [0.3, 0.4) is 0 Å². The molecule has 82 valence electrons. The lowest BCUT2D eigenvalue weighted by atomic mass is 10.2. The van der Waals surface area contributed by atoms with Gasteiger partial charge in [-0.1, -0.05) is 42.5 Å². The molecule has 0 heterocycles. The third-order valence-electron chi connectivity index (χ3n) is 2.14. The second-order valence-corrected chi connectivity index (χ2v) is 3.53. The summed E-state index contributed by atoms with van der Waals surface area (Å²) >= 11 is 0. The van der Waals surface area contributed by atoms with Gasteiger partial charge in [0.2, 0.25) is 0 Å². The molecule has 0 aromatic heterocycles. The number of aliphatic hydroxyl groups excluding tert-OH is 1. The SMILES string of the molecule is C/C=C/[C@@H](OCc1ccccc1)[C@H](C)O. The van der Waals surface area contributed by atoms with Crippen molar-refractivity contribution in [2.45, 2.75) is 32.7 Å². The fourth-order valence-electron chi connectivity index (χ4n) is 1.31. The van der Waals surface area contributed by atoms with Crippen LogP contribution in [0.2, 0.25) is 0 Å². The Labute approximate surface area is 91.2 Å². The summed E-state index contributed by atoms with van der Waals surface area (Å²) in [6, 6.07) is 9.95. The first-order valence-electron chi connectivity index (χ1n) is 5.20. The van der Waals surface area contributed by atoms with Crippen LogP contribution in [-0.4, -0.2) is 17.3 Å². The molecule has 0 aliphatic rings. The number of hydrogen-bond acceptors (Lipinski definition) is 2. The maximum absolute atomic E-state index is 9.45. The molecule has 0 spiro atoms. The van der Waals surface area contributed by atoms with Crippen LogP contribution in [-0.2, 0) is 11.3 Å². The molecule has 1 N–H and O–H groups in total. The van der Waals surface area contributed by atoms with Gasteiger partial charge in [-0.3, -0.25) is 0 Å². The fraction of sp³-hybridized carbons (Fsp3) is 0.385. The second kappa shape index (κ2) is 6.38. The smallest absolute Gasteiger partial charge is 0.102 e. The molecule has 0 fully saturated rings. The minimum Gasteiger partial charge on any atom is -0.390 e. The van der Waals surface area contributed by atoms with E-state index in [9.17, 15) is 5.11 Å². The van der Waals surface area contributed by atoms with Gasteiger partial charge in [-0.2, -0.15) is 0 Å². The van der Waals surface area contributed by atoms with E-state index in [2.05, 4.69) is 0 Å². The number of benzene rings is 1. The number of aliphatic hydroxyl groups is 1. The zero-order valence-corrected chi connectivity index (χ0v) is 9.26. The summed E-state index contributed by atoms with van der Waals surface area (Å²) in [7, 11) is 0. The van der Waals surface area contributed by atoms with E-state index in [0.29, 0.717) is 6.61 Å². The summed E-state index contributed by atoms with van der Waals surface area (Å²) in [5.41, 5.74) is 1.12. The topological polar surface area (TPSA) is 29.5 Å². The van der Waals surface area contributed by atoms with Crippen molar-refractivity contribution >= 4 is 0 Å². The molecular weight excluding hydrogens is 188 g/mol. The predicted octanol–water partition coefficient (Wildman–Crippen LogP) is 2.53. The lowest BCUT2D eigenvalue weighted by molar-refractivity contribution is -0.0101. The monoisotopic (exact) mass is 206 g/mol.